The average molecular weight is 370 g/mol. The Balaban J connectivity index is 2.03. The van der Waals surface area contributed by atoms with Crippen molar-refractivity contribution < 1.29 is 8.78 Å². The van der Waals surface area contributed by atoms with Gasteiger partial charge in [0, 0.05) is 43.3 Å². The third-order valence-corrected chi connectivity index (χ3v) is 4.27. The van der Waals surface area contributed by atoms with Crippen LogP contribution in [0.5, 0.6) is 0 Å². The van der Waals surface area contributed by atoms with E-state index < -0.39 is 5.92 Å². The summed E-state index contributed by atoms with van der Waals surface area (Å²) in [5.74, 6) is -1.48. The van der Waals surface area contributed by atoms with E-state index in [4.69, 9.17) is 4.98 Å². The van der Waals surface area contributed by atoms with Gasteiger partial charge in [-0.15, -0.1) is 0 Å². The number of aliphatic imine (C=N–C) groups is 1. The number of hydrogen-bond acceptors (Lipinski definition) is 4. The summed E-state index contributed by atoms with van der Waals surface area (Å²) >= 11 is 0. The van der Waals surface area contributed by atoms with Crippen LogP contribution in [0.15, 0.2) is 53.8 Å². The van der Waals surface area contributed by atoms with Crippen molar-refractivity contribution in [3.8, 4) is 11.3 Å². The van der Waals surface area contributed by atoms with Gasteiger partial charge in [0.1, 0.15) is 5.69 Å². The predicted molar refractivity (Wildman–Crippen MR) is 107 cm³/mol. The van der Waals surface area contributed by atoms with Gasteiger partial charge in [-0.1, -0.05) is 24.8 Å². The van der Waals surface area contributed by atoms with Crippen LogP contribution in [-0.4, -0.2) is 23.8 Å². The Morgan fingerprint density at radius 2 is 2.04 bits per heavy atom. The molecule has 27 heavy (non-hydrogen) atoms. The normalized spacial score (nSPS) is 14.1. The van der Waals surface area contributed by atoms with Crippen molar-refractivity contribution in [1.82, 2.24) is 10.3 Å². The van der Waals surface area contributed by atoms with E-state index >= 15 is 0 Å². The van der Waals surface area contributed by atoms with Crippen LogP contribution in [0.3, 0.4) is 0 Å². The lowest BCUT2D eigenvalue weighted by atomic mass is 10.0. The zero-order valence-electron chi connectivity index (χ0n) is 15.8. The van der Waals surface area contributed by atoms with Crippen molar-refractivity contribution in [3.63, 3.8) is 0 Å². The number of nitrogens with one attached hydrogen (secondary N) is 1. The molecule has 142 valence electrons. The van der Waals surface area contributed by atoms with Crippen LogP contribution in [0.4, 0.5) is 20.3 Å². The van der Waals surface area contributed by atoms with Gasteiger partial charge in [-0.2, -0.15) is 0 Å². The quantitative estimate of drug-likeness (QED) is 0.782. The molecule has 0 saturated heterocycles. The molecule has 0 spiro atoms. The summed E-state index contributed by atoms with van der Waals surface area (Å²) in [6.07, 6.45) is 2.63. The first-order valence-corrected chi connectivity index (χ1v) is 9.01. The maximum atomic E-state index is 13.7. The fraction of sp³-hybridized carbons (Fsp3) is 0.333. The molecule has 0 fully saturated rings. The molecule has 2 aromatic rings. The number of rotatable bonds is 5. The SMILES string of the molecule is C=C(NC(C)C)N1CCC=Nc2ccc(-c3cccc(C(C)(F)F)c3)nc21. The molecule has 0 atom stereocenters. The van der Waals surface area contributed by atoms with Gasteiger partial charge in [-0.3, -0.25) is 4.99 Å². The number of halogens is 2. The molecule has 1 aliphatic rings. The lowest BCUT2D eigenvalue weighted by Crippen LogP contribution is -2.35. The van der Waals surface area contributed by atoms with E-state index in [2.05, 4.69) is 16.9 Å². The third kappa shape index (κ3) is 4.32. The predicted octanol–water partition coefficient (Wildman–Crippen LogP) is 5.24. The summed E-state index contributed by atoms with van der Waals surface area (Å²) in [5.41, 5.74) is 1.98. The molecule has 2 heterocycles. The van der Waals surface area contributed by atoms with Gasteiger partial charge in [0.05, 0.1) is 11.5 Å². The fourth-order valence-corrected chi connectivity index (χ4v) is 2.98. The van der Waals surface area contributed by atoms with Gasteiger partial charge in [0.25, 0.3) is 5.92 Å². The van der Waals surface area contributed by atoms with Gasteiger partial charge in [0.15, 0.2) is 5.82 Å². The first-order valence-electron chi connectivity index (χ1n) is 9.01. The minimum Gasteiger partial charge on any atom is -0.370 e. The molecule has 1 aromatic carbocycles. The molecule has 3 rings (SSSR count). The van der Waals surface area contributed by atoms with E-state index in [-0.39, 0.29) is 11.6 Å². The zero-order chi connectivity index (χ0) is 19.6. The highest BCUT2D eigenvalue weighted by Gasteiger charge is 2.25. The molecule has 0 aliphatic carbocycles. The lowest BCUT2D eigenvalue weighted by molar-refractivity contribution is 0.0175. The molecule has 0 radical (unpaired) electrons. The largest absolute Gasteiger partial charge is 0.370 e. The van der Waals surface area contributed by atoms with Crippen molar-refractivity contribution in [3.05, 3.63) is 54.4 Å². The van der Waals surface area contributed by atoms with Crippen LogP contribution < -0.4 is 10.2 Å². The maximum Gasteiger partial charge on any atom is 0.270 e. The molecule has 0 unspecified atom stereocenters. The average Bonchev–Trinajstić information content (AvgIpc) is 2.82. The number of fused-ring (bicyclic) bond motifs is 1. The van der Waals surface area contributed by atoms with E-state index in [0.717, 1.165) is 24.9 Å². The minimum absolute atomic E-state index is 0.0301. The van der Waals surface area contributed by atoms with E-state index in [1.165, 1.54) is 12.1 Å². The monoisotopic (exact) mass is 370 g/mol. The summed E-state index contributed by atoms with van der Waals surface area (Å²) in [6, 6.07) is 10.2. The molecule has 6 heteroatoms. The Hall–Kier alpha value is -2.76. The third-order valence-electron chi connectivity index (χ3n) is 4.27. The number of aromatic nitrogens is 1. The fourth-order valence-electron chi connectivity index (χ4n) is 2.98. The molecule has 4 nitrogen and oxygen atoms in total. The number of anilines is 1. The standard InChI is InChI=1S/C21H24F2N4/c1-14(2)25-15(3)27-12-6-11-24-19-10-9-18(26-20(19)27)16-7-5-8-17(13-16)21(4,22)23/h5,7-11,13-14,25H,3,6,12H2,1-2,4H3. The number of pyridine rings is 1. The van der Waals surface area contributed by atoms with E-state index in [1.807, 2.05) is 37.1 Å². The molecule has 1 aromatic heterocycles. The topological polar surface area (TPSA) is 40.5 Å². The van der Waals surface area contributed by atoms with Crippen molar-refractivity contribution >= 4 is 17.7 Å². The molecule has 0 amide bonds. The number of alkyl halides is 2. The van der Waals surface area contributed by atoms with Crippen LogP contribution in [0, 0.1) is 0 Å². The second-order valence-corrected chi connectivity index (χ2v) is 7.01. The first-order chi connectivity index (χ1) is 12.8. The summed E-state index contributed by atoms with van der Waals surface area (Å²) < 4.78 is 27.4. The maximum absolute atomic E-state index is 13.7. The zero-order valence-corrected chi connectivity index (χ0v) is 15.8. The van der Waals surface area contributed by atoms with Gasteiger partial charge < -0.3 is 10.2 Å². The molecular weight excluding hydrogens is 346 g/mol. The molecule has 0 saturated carbocycles. The number of benzene rings is 1. The number of hydrogen-bond donors (Lipinski definition) is 1. The first kappa shape index (κ1) is 19.0. The molecule has 0 bridgehead atoms. The van der Waals surface area contributed by atoms with Gasteiger partial charge in [0.2, 0.25) is 0 Å². The van der Waals surface area contributed by atoms with E-state index in [1.54, 1.807) is 12.1 Å². The summed E-state index contributed by atoms with van der Waals surface area (Å²) in [4.78, 5) is 11.2. The molecular formula is C21H24F2N4. The van der Waals surface area contributed by atoms with Gasteiger partial charge in [-0.25, -0.2) is 13.8 Å². The van der Waals surface area contributed by atoms with Crippen molar-refractivity contribution in [1.29, 1.82) is 0 Å². The van der Waals surface area contributed by atoms with Crippen LogP contribution in [0.25, 0.3) is 11.3 Å². The highest BCUT2D eigenvalue weighted by molar-refractivity contribution is 5.77. The Morgan fingerprint density at radius 3 is 2.74 bits per heavy atom. The summed E-state index contributed by atoms with van der Waals surface area (Å²) in [7, 11) is 0. The van der Waals surface area contributed by atoms with Crippen LogP contribution in [0.2, 0.25) is 0 Å². The van der Waals surface area contributed by atoms with E-state index in [9.17, 15) is 8.78 Å². The second kappa shape index (κ2) is 7.47. The van der Waals surface area contributed by atoms with Crippen molar-refractivity contribution in [2.75, 3.05) is 11.4 Å². The Labute approximate surface area is 158 Å². The van der Waals surface area contributed by atoms with Crippen LogP contribution in [-0.2, 0) is 5.92 Å². The van der Waals surface area contributed by atoms with E-state index in [0.29, 0.717) is 23.6 Å². The Kier molecular flexibility index (Phi) is 5.26. The number of nitrogens with zero attached hydrogens (tertiary/aromatic N) is 3. The smallest absolute Gasteiger partial charge is 0.270 e. The van der Waals surface area contributed by atoms with Crippen LogP contribution in [0.1, 0.15) is 32.8 Å². The highest BCUT2D eigenvalue weighted by atomic mass is 19.3. The second-order valence-electron chi connectivity index (χ2n) is 7.01. The summed E-state index contributed by atoms with van der Waals surface area (Å²) in [6.45, 7) is 9.80. The van der Waals surface area contributed by atoms with Crippen molar-refractivity contribution in [2.24, 2.45) is 4.99 Å². The molecule has 1 aliphatic heterocycles. The summed E-state index contributed by atoms with van der Waals surface area (Å²) in [5, 5.41) is 3.31. The van der Waals surface area contributed by atoms with Gasteiger partial charge >= 0.3 is 0 Å². The highest BCUT2D eigenvalue weighted by Crippen LogP contribution is 2.35. The van der Waals surface area contributed by atoms with Crippen LogP contribution >= 0.6 is 0 Å². The Morgan fingerprint density at radius 1 is 1.26 bits per heavy atom. The van der Waals surface area contributed by atoms with Gasteiger partial charge in [-0.05, 0) is 32.0 Å². The molecule has 1 N–H and O–H groups in total. The Bertz CT molecular complexity index is 869. The van der Waals surface area contributed by atoms with Crippen molar-refractivity contribution in [2.45, 2.75) is 39.2 Å². The minimum atomic E-state index is -2.90. The lowest BCUT2D eigenvalue weighted by Gasteiger charge is -2.27.